The van der Waals surface area contributed by atoms with Gasteiger partial charge in [0.25, 0.3) is 0 Å². The highest BCUT2D eigenvalue weighted by Crippen LogP contribution is 2.18. The number of aromatic nitrogens is 2. The lowest BCUT2D eigenvalue weighted by molar-refractivity contribution is 0.267. The Hall–Kier alpha value is -1.61. The Balaban J connectivity index is 0.00000300. The number of likely N-dealkylation sites (N-methyl/N-ethyl adjacent to an activating group) is 1. The number of halogens is 1. The number of guanidine groups is 1. The maximum atomic E-state index is 4.85. The van der Waals surface area contributed by atoms with Gasteiger partial charge < -0.3 is 10.6 Å². The summed E-state index contributed by atoms with van der Waals surface area (Å²) in [5.41, 5.74) is 4.44. The van der Waals surface area contributed by atoms with Crippen molar-refractivity contribution in [3.05, 3.63) is 47.3 Å². The zero-order valence-electron chi connectivity index (χ0n) is 18.1. The van der Waals surface area contributed by atoms with Gasteiger partial charge in [0, 0.05) is 24.8 Å². The third-order valence-corrected chi connectivity index (χ3v) is 5.39. The highest BCUT2D eigenvalue weighted by Gasteiger charge is 2.22. The normalized spacial score (nSPS) is 17.2. The monoisotopic (exact) mass is 510 g/mol. The second-order valence-electron chi connectivity index (χ2n) is 7.47. The molecular weight excluding hydrogens is 475 g/mol. The summed E-state index contributed by atoms with van der Waals surface area (Å²) < 4.78 is 2.01. The van der Waals surface area contributed by atoms with E-state index in [0.717, 1.165) is 42.7 Å². The summed E-state index contributed by atoms with van der Waals surface area (Å²) in [4.78, 5) is 7.40. The van der Waals surface area contributed by atoms with E-state index in [0.29, 0.717) is 12.6 Å². The van der Waals surface area contributed by atoms with Crippen LogP contribution in [0.4, 0.5) is 0 Å². The lowest BCUT2D eigenvalue weighted by Gasteiger charge is -2.24. The van der Waals surface area contributed by atoms with Crippen molar-refractivity contribution < 1.29 is 0 Å². The number of aryl methyl sites for hydroxylation is 2. The van der Waals surface area contributed by atoms with Gasteiger partial charge in [0.05, 0.1) is 17.9 Å². The quantitative estimate of drug-likeness (QED) is 0.339. The van der Waals surface area contributed by atoms with Crippen molar-refractivity contribution in [3.63, 3.8) is 0 Å². The Labute approximate surface area is 192 Å². The molecule has 1 aromatic carbocycles. The zero-order valence-corrected chi connectivity index (χ0v) is 20.4. The summed E-state index contributed by atoms with van der Waals surface area (Å²) >= 11 is 0. The first-order valence-electron chi connectivity index (χ1n) is 10.5. The molecule has 2 N–H and O–H groups in total. The summed E-state index contributed by atoms with van der Waals surface area (Å²) in [6.45, 7) is 13.2. The summed E-state index contributed by atoms with van der Waals surface area (Å²) in [5, 5.41) is 11.6. The van der Waals surface area contributed by atoms with Crippen LogP contribution < -0.4 is 10.6 Å². The molecule has 7 heteroatoms. The molecule has 6 nitrogen and oxygen atoms in total. The Morgan fingerprint density at radius 1 is 1.21 bits per heavy atom. The van der Waals surface area contributed by atoms with Gasteiger partial charge in [0.2, 0.25) is 0 Å². The molecule has 1 aliphatic heterocycles. The second kappa shape index (κ2) is 11.5. The molecule has 1 fully saturated rings. The van der Waals surface area contributed by atoms with Crippen molar-refractivity contribution >= 4 is 29.9 Å². The smallest absolute Gasteiger partial charge is 0.191 e. The Bertz CT molecular complexity index is 800. The third kappa shape index (κ3) is 6.18. The maximum Gasteiger partial charge on any atom is 0.191 e. The molecule has 0 aliphatic carbocycles. The lowest BCUT2D eigenvalue weighted by atomic mass is 10.2. The van der Waals surface area contributed by atoms with Gasteiger partial charge >= 0.3 is 0 Å². The van der Waals surface area contributed by atoms with Gasteiger partial charge in [-0.3, -0.25) is 4.90 Å². The van der Waals surface area contributed by atoms with Crippen LogP contribution in [0.3, 0.4) is 0 Å². The number of nitrogens with zero attached hydrogens (tertiary/aromatic N) is 4. The average molecular weight is 510 g/mol. The number of hydrogen-bond acceptors (Lipinski definition) is 3. The molecule has 3 rings (SSSR count). The Morgan fingerprint density at radius 2 is 2.00 bits per heavy atom. The molecule has 0 bridgehead atoms. The van der Waals surface area contributed by atoms with Gasteiger partial charge in [0.15, 0.2) is 5.96 Å². The number of nitrogens with one attached hydrogen (secondary N) is 2. The van der Waals surface area contributed by atoms with Crippen molar-refractivity contribution in [2.24, 2.45) is 4.99 Å². The minimum absolute atomic E-state index is 0. The molecule has 1 atom stereocenters. The highest BCUT2D eigenvalue weighted by atomic mass is 127. The van der Waals surface area contributed by atoms with Crippen molar-refractivity contribution in [2.75, 3.05) is 26.2 Å². The average Bonchev–Trinajstić information content (AvgIpc) is 3.29. The van der Waals surface area contributed by atoms with Gasteiger partial charge in [0.1, 0.15) is 0 Å². The first-order valence-corrected chi connectivity index (χ1v) is 10.5. The molecule has 2 heterocycles. The predicted octanol–water partition coefficient (Wildman–Crippen LogP) is 3.65. The minimum atomic E-state index is 0. The molecule has 160 valence electrons. The fourth-order valence-corrected chi connectivity index (χ4v) is 3.99. The van der Waals surface area contributed by atoms with Gasteiger partial charge in [-0.15, -0.1) is 24.0 Å². The highest BCUT2D eigenvalue weighted by molar-refractivity contribution is 14.0. The van der Waals surface area contributed by atoms with Crippen LogP contribution >= 0.6 is 24.0 Å². The zero-order chi connectivity index (χ0) is 19.9. The summed E-state index contributed by atoms with van der Waals surface area (Å²) in [7, 11) is 0. The number of aliphatic imine (C=N–C) groups is 1. The van der Waals surface area contributed by atoms with Crippen molar-refractivity contribution in [1.82, 2.24) is 25.3 Å². The molecular formula is C22H35IN6. The van der Waals surface area contributed by atoms with E-state index in [2.05, 4.69) is 71.7 Å². The number of likely N-dealkylation sites (tertiary alicyclic amines) is 1. The predicted molar refractivity (Wildman–Crippen MR) is 132 cm³/mol. The molecule has 0 radical (unpaired) electrons. The molecule has 0 spiro atoms. The van der Waals surface area contributed by atoms with E-state index in [9.17, 15) is 0 Å². The number of hydrogen-bond donors (Lipinski definition) is 2. The van der Waals surface area contributed by atoms with E-state index in [1.165, 1.54) is 24.9 Å². The van der Waals surface area contributed by atoms with E-state index in [4.69, 9.17) is 4.99 Å². The van der Waals surface area contributed by atoms with Crippen LogP contribution in [0.25, 0.3) is 5.69 Å². The Morgan fingerprint density at radius 3 is 2.69 bits per heavy atom. The fourth-order valence-electron chi connectivity index (χ4n) is 3.99. The third-order valence-electron chi connectivity index (χ3n) is 5.39. The van der Waals surface area contributed by atoms with Crippen LogP contribution in [0.5, 0.6) is 0 Å². The molecule has 1 aliphatic rings. The summed E-state index contributed by atoms with van der Waals surface area (Å²) in [6.07, 6.45) is 2.56. The summed E-state index contributed by atoms with van der Waals surface area (Å²) in [5.74, 6) is 0.883. The lowest BCUT2D eigenvalue weighted by Crippen LogP contribution is -2.44. The molecule has 29 heavy (non-hydrogen) atoms. The van der Waals surface area contributed by atoms with Crippen LogP contribution in [-0.4, -0.2) is 52.9 Å². The molecule has 1 aromatic heterocycles. The van der Waals surface area contributed by atoms with Crippen LogP contribution in [0.2, 0.25) is 0 Å². The first kappa shape index (κ1) is 23.7. The number of benzene rings is 1. The Kier molecular flexibility index (Phi) is 9.42. The molecule has 1 unspecified atom stereocenters. The topological polar surface area (TPSA) is 57.5 Å². The van der Waals surface area contributed by atoms with Gasteiger partial charge in [-0.25, -0.2) is 9.67 Å². The fraction of sp³-hybridized carbons (Fsp3) is 0.545. The maximum absolute atomic E-state index is 4.85. The minimum Gasteiger partial charge on any atom is -0.357 e. The first-order chi connectivity index (χ1) is 13.6. The standard InChI is InChI=1S/C22H34N6.HI/c1-5-23-22(25-16-20-11-9-13-27(20)6-2)24-15-19-10-7-8-12-21(19)28-18(4)14-17(3)26-28;/h7-8,10,12,14,20H,5-6,9,11,13,15-16H2,1-4H3,(H2,23,24,25);1H. The van der Waals surface area contributed by atoms with Crippen LogP contribution in [0, 0.1) is 13.8 Å². The van der Waals surface area contributed by atoms with Crippen LogP contribution in [0.1, 0.15) is 43.6 Å². The number of rotatable bonds is 7. The second-order valence-corrected chi connectivity index (χ2v) is 7.47. The van der Waals surface area contributed by atoms with E-state index >= 15 is 0 Å². The van der Waals surface area contributed by atoms with Crippen molar-refractivity contribution in [3.8, 4) is 5.69 Å². The van der Waals surface area contributed by atoms with Crippen LogP contribution in [0.15, 0.2) is 35.3 Å². The van der Waals surface area contributed by atoms with E-state index in [-0.39, 0.29) is 24.0 Å². The molecule has 0 saturated carbocycles. The van der Waals surface area contributed by atoms with Gasteiger partial charge in [-0.05, 0) is 64.4 Å². The van der Waals surface area contributed by atoms with Gasteiger partial charge in [-0.1, -0.05) is 25.1 Å². The van der Waals surface area contributed by atoms with Gasteiger partial charge in [-0.2, -0.15) is 5.10 Å². The van der Waals surface area contributed by atoms with E-state index in [1.807, 2.05) is 11.6 Å². The van der Waals surface area contributed by atoms with Crippen LogP contribution in [-0.2, 0) is 6.54 Å². The van der Waals surface area contributed by atoms with E-state index in [1.54, 1.807) is 0 Å². The molecule has 0 amide bonds. The van der Waals surface area contributed by atoms with E-state index < -0.39 is 0 Å². The summed E-state index contributed by atoms with van der Waals surface area (Å²) in [6, 6.07) is 11.1. The molecule has 2 aromatic rings. The van der Waals surface area contributed by atoms with Crippen molar-refractivity contribution in [1.29, 1.82) is 0 Å². The van der Waals surface area contributed by atoms with Crippen molar-refractivity contribution in [2.45, 2.75) is 53.1 Å². The largest absolute Gasteiger partial charge is 0.357 e. The molecule has 1 saturated heterocycles. The number of para-hydroxylation sites is 1. The SMILES string of the molecule is CCNC(=NCc1ccccc1-n1nc(C)cc1C)NCC1CCCN1CC.I.